The molecule has 4 nitrogen and oxygen atoms in total. The molecule has 0 spiro atoms. The summed E-state index contributed by atoms with van der Waals surface area (Å²) in [5.74, 6) is 0.514. The second kappa shape index (κ2) is 7.98. The number of anilines is 1. The van der Waals surface area contributed by atoms with Gasteiger partial charge in [0.1, 0.15) is 5.75 Å². The minimum Gasteiger partial charge on any atom is -0.479 e. The summed E-state index contributed by atoms with van der Waals surface area (Å²) in [6, 6.07) is 15.0. The molecule has 1 heterocycles. The highest BCUT2D eigenvalue weighted by molar-refractivity contribution is 6.32. The number of ether oxygens (including phenoxy) is 1. The fraction of sp³-hybridized carbons (Fsp3) is 0.316. The molecule has 0 aliphatic carbocycles. The van der Waals surface area contributed by atoms with Crippen molar-refractivity contribution in [1.82, 2.24) is 4.90 Å². The van der Waals surface area contributed by atoms with Crippen LogP contribution in [-0.2, 0) is 4.79 Å². The molecule has 0 saturated carbocycles. The topological polar surface area (TPSA) is 32.8 Å². The Morgan fingerprint density at radius 2 is 1.64 bits per heavy atom. The molecule has 25 heavy (non-hydrogen) atoms. The van der Waals surface area contributed by atoms with Gasteiger partial charge in [-0.15, -0.1) is 0 Å². The highest BCUT2D eigenvalue weighted by Crippen LogP contribution is 2.25. The Labute approximate surface area is 157 Å². The van der Waals surface area contributed by atoms with E-state index in [0.29, 0.717) is 23.9 Å². The maximum absolute atomic E-state index is 12.6. The van der Waals surface area contributed by atoms with E-state index in [1.807, 2.05) is 41.3 Å². The van der Waals surface area contributed by atoms with Crippen LogP contribution < -0.4 is 9.64 Å². The van der Waals surface area contributed by atoms with Gasteiger partial charge in [0.25, 0.3) is 5.91 Å². The summed E-state index contributed by atoms with van der Waals surface area (Å²) < 4.78 is 5.73. The van der Waals surface area contributed by atoms with Gasteiger partial charge in [0.2, 0.25) is 0 Å². The van der Waals surface area contributed by atoms with Crippen molar-refractivity contribution < 1.29 is 9.53 Å². The zero-order chi connectivity index (χ0) is 17.8. The van der Waals surface area contributed by atoms with Gasteiger partial charge in [-0.3, -0.25) is 4.79 Å². The molecule has 0 N–H and O–H groups in total. The fourth-order valence-corrected chi connectivity index (χ4v) is 3.18. The summed E-state index contributed by atoms with van der Waals surface area (Å²) in [6.45, 7) is 4.66. The van der Waals surface area contributed by atoms with E-state index in [2.05, 4.69) is 4.90 Å². The van der Waals surface area contributed by atoms with Crippen LogP contribution in [0.5, 0.6) is 5.75 Å². The van der Waals surface area contributed by atoms with Crippen LogP contribution >= 0.6 is 23.2 Å². The number of amides is 1. The molecule has 1 aliphatic heterocycles. The Morgan fingerprint density at radius 3 is 2.28 bits per heavy atom. The first-order valence-corrected chi connectivity index (χ1v) is 9.00. The Kier molecular flexibility index (Phi) is 5.71. The highest BCUT2D eigenvalue weighted by atomic mass is 35.5. The van der Waals surface area contributed by atoms with Gasteiger partial charge in [-0.1, -0.05) is 35.3 Å². The van der Waals surface area contributed by atoms with Crippen LogP contribution in [0.2, 0.25) is 10.0 Å². The fourth-order valence-electron chi connectivity index (χ4n) is 2.88. The van der Waals surface area contributed by atoms with Crippen LogP contribution in [0.15, 0.2) is 48.5 Å². The average molecular weight is 379 g/mol. The largest absolute Gasteiger partial charge is 0.479 e. The molecular weight excluding hydrogens is 359 g/mol. The van der Waals surface area contributed by atoms with Crippen LogP contribution in [0.3, 0.4) is 0 Å². The van der Waals surface area contributed by atoms with E-state index >= 15 is 0 Å². The third-order valence-corrected chi connectivity index (χ3v) is 4.84. The summed E-state index contributed by atoms with van der Waals surface area (Å²) in [6.07, 6.45) is -0.568. The molecule has 1 atom stereocenters. The van der Waals surface area contributed by atoms with Gasteiger partial charge < -0.3 is 14.5 Å². The minimum atomic E-state index is -0.568. The number of rotatable bonds is 4. The average Bonchev–Trinajstić information content (AvgIpc) is 2.64. The van der Waals surface area contributed by atoms with E-state index in [4.69, 9.17) is 27.9 Å². The van der Waals surface area contributed by atoms with E-state index in [0.717, 1.165) is 23.8 Å². The number of piperazine rings is 1. The summed E-state index contributed by atoms with van der Waals surface area (Å²) in [5.41, 5.74) is 1.12. The van der Waals surface area contributed by atoms with E-state index in [-0.39, 0.29) is 5.91 Å². The van der Waals surface area contributed by atoms with E-state index in [9.17, 15) is 4.79 Å². The van der Waals surface area contributed by atoms with Crippen molar-refractivity contribution in [2.24, 2.45) is 0 Å². The predicted octanol–water partition coefficient (Wildman–Crippen LogP) is 4.11. The van der Waals surface area contributed by atoms with E-state index < -0.39 is 6.10 Å². The maximum Gasteiger partial charge on any atom is 0.263 e. The van der Waals surface area contributed by atoms with Crippen molar-refractivity contribution in [3.63, 3.8) is 0 Å². The number of carbonyl (C=O) groups is 1. The van der Waals surface area contributed by atoms with Crippen molar-refractivity contribution in [2.75, 3.05) is 31.1 Å². The number of hydrogen-bond acceptors (Lipinski definition) is 3. The summed E-state index contributed by atoms with van der Waals surface area (Å²) >= 11 is 12.0. The van der Waals surface area contributed by atoms with Gasteiger partial charge in [0, 0.05) is 36.9 Å². The third kappa shape index (κ3) is 4.39. The van der Waals surface area contributed by atoms with Crippen molar-refractivity contribution in [3.05, 3.63) is 58.6 Å². The lowest BCUT2D eigenvalue weighted by atomic mass is 10.2. The molecule has 1 aliphatic rings. The normalized spacial score (nSPS) is 15.8. The summed E-state index contributed by atoms with van der Waals surface area (Å²) in [5, 5.41) is 1.23. The number of benzene rings is 2. The monoisotopic (exact) mass is 378 g/mol. The predicted molar refractivity (Wildman–Crippen MR) is 102 cm³/mol. The maximum atomic E-state index is 12.6. The molecule has 2 aromatic rings. The molecular formula is C19H20Cl2N2O2. The number of nitrogens with zero attached hydrogens (tertiary/aromatic N) is 2. The van der Waals surface area contributed by atoms with Crippen molar-refractivity contribution >= 4 is 34.8 Å². The van der Waals surface area contributed by atoms with Crippen LogP contribution in [0.4, 0.5) is 5.69 Å². The van der Waals surface area contributed by atoms with Gasteiger partial charge in [-0.25, -0.2) is 0 Å². The van der Waals surface area contributed by atoms with Crippen molar-refractivity contribution in [1.29, 1.82) is 0 Å². The van der Waals surface area contributed by atoms with Gasteiger partial charge in [0.15, 0.2) is 6.10 Å². The van der Waals surface area contributed by atoms with Gasteiger partial charge in [-0.2, -0.15) is 0 Å². The molecule has 2 aromatic carbocycles. The zero-order valence-corrected chi connectivity index (χ0v) is 15.5. The first kappa shape index (κ1) is 17.9. The molecule has 0 bridgehead atoms. The Morgan fingerprint density at radius 1 is 1.00 bits per heavy atom. The van der Waals surface area contributed by atoms with Crippen LogP contribution in [0, 0.1) is 0 Å². The molecule has 1 fully saturated rings. The zero-order valence-electron chi connectivity index (χ0n) is 14.0. The van der Waals surface area contributed by atoms with Gasteiger partial charge in [-0.05, 0) is 43.3 Å². The molecule has 1 amide bonds. The summed E-state index contributed by atoms with van der Waals surface area (Å²) in [7, 11) is 0. The van der Waals surface area contributed by atoms with Gasteiger partial charge >= 0.3 is 0 Å². The molecule has 0 aromatic heterocycles. The first-order valence-electron chi connectivity index (χ1n) is 8.25. The van der Waals surface area contributed by atoms with Crippen LogP contribution in [0.1, 0.15) is 6.92 Å². The van der Waals surface area contributed by atoms with E-state index in [1.54, 1.807) is 19.1 Å². The Bertz CT molecular complexity index is 728. The summed E-state index contributed by atoms with van der Waals surface area (Å²) in [4.78, 5) is 16.7. The van der Waals surface area contributed by atoms with Crippen LogP contribution in [-0.4, -0.2) is 43.1 Å². The molecule has 1 unspecified atom stereocenters. The minimum absolute atomic E-state index is 0.0179. The molecule has 132 valence electrons. The number of hydrogen-bond donors (Lipinski definition) is 0. The first-order chi connectivity index (χ1) is 12.0. The lowest BCUT2D eigenvalue weighted by Gasteiger charge is -2.37. The second-order valence-corrected chi connectivity index (χ2v) is 6.82. The number of halogens is 2. The lowest BCUT2D eigenvalue weighted by Crippen LogP contribution is -2.52. The number of para-hydroxylation sites is 1. The molecule has 3 rings (SSSR count). The van der Waals surface area contributed by atoms with Crippen LogP contribution in [0.25, 0.3) is 0 Å². The second-order valence-electron chi connectivity index (χ2n) is 5.98. The quantitative estimate of drug-likeness (QED) is 0.802. The highest BCUT2D eigenvalue weighted by Gasteiger charge is 2.26. The molecule has 6 heteroatoms. The third-order valence-electron chi connectivity index (χ3n) is 4.27. The SMILES string of the molecule is CC(Oc1ccccc1Cl)C(=O)N1CCN(c2ccc(Cl)cc2)CC1. The number of carbonyl (C=O) groups excluding carboxylic acids is 1. The van der Waals surface area contributed by atoms with Crippen molar-refractivity contribution in [2.45, 2.75) is 13.0 Å². The van der Waals surface area contributed by atoms with Gasteiger partial charge in [0.05, 0.1) is 5.02 Å². The van der Waals surface area contributed by atoms with Crippen molar-refractivity contribution in [3.8, 4) is 5.75 Å². The molecule has 0 radical (unpaired) electrons. The smallest absolute Gasteiger partial charge is 0.263 e. The molecule has 1 saturated heterocycles. The van der Waals surface area contributed by atoms with E-state index in [1.165, 1.54) is 0 Å². The standard InChI is InChI=1S/C19H20Cl2N2O2/c1-14(25-18-5-3-2-4-17(18)21)19(24)23-12-10-22(11-13-23)16-8-6-15(20)7-9-16/h2-9,14H,10-13H2,1H3. The Hall–Kier alpha value is -1.91. The lowest BCUT2D eigenvalue weighted by molar-refractivity contribution is -0.138. The Balaban J connectivity index is 1.56.